The molecule has 0 spiro atoms. The third-order valence-electron chi connectivity index (χ3n) is 3.51. The van der Waals surface area contributed by atoms with Crippen LogP contribution in [0.1, 0.15) is 23.2 Å². The van der Waals surface area contributed by atoms with E-state index in [1.165, 1.54) is 0 Å². The summed E-state index contributed by atoms with van der Waals surface area (Å²) in [5.41, 5.74) is 0.534. The molecular weight excluding hydrogens is 299 g/mol. The molecule has 0 saturated carbocycles. The van der Waals surface area contributed by atoms with Crippen molar-refractivity contribution in [1.29, 1.82) is 0 Å². The Morgan fingerprint density at radius 3 is 2.90 bits per heavy atom. The van der Waals surface area contributed by atoms with Gasteiger partial charge in [-0.25, -0.2) is 0 Å². The Bertz CT molecular complexity index is 468. The zero-order chi connectivity index (χ0) is 13.8. The number of hydrogen-bond acceptors (Lipinski definition) is 3. The van der Waals surface area contributed by atoms with Gasteiger partial charge in [0, 0.05) is 24.2 Å². The van der Waals surface area contributed by atoms with Crippen molar-refractivity contribution < 1.29 is 9.53 Å². The first kappa shape index (κ1) is 17.1. The number of nitrogens with one attached hydrogen (secondary N) is 1. The summed E-state index contributed by atoms with van der Waals surface area (Å²) in [6.07, 6.45) is 2.12. The summed E-state index contributed by atoms with van der Waals surface area (Å²) in [7, 11) is 3.49. The minimum absolute atomic E-state index is 0. The van der Waals surface area contributed by atoms with E-state index in [0.29, 0.717) is 22.4 Å². The van der Waals surface area contributed by atoms with Gasteiger partial charge in [-0.3, -0.25) is 4.79 Å². The second-order valence-corrected chi connectivity index (χ2v) is 5.16. The Balaban J connectivity index is 0.00000200. The van der Waals surface area contributed by atoms with Crippen LogP contribution in [0.4, 0.5) is 0 Å². The third kappa shape index (κ3) is 3.78. The number of likely N-dealkylation sites (tertiary alicyclic amines) is 1. The molecule has 1 N–H and O–H groups in total. The monoisotopic (exact) mass is 318 g/mol. The number of benzene rings is 1. The second kappa shape index (κ2) is 7.72. The SMILES string of the molecule is CNC1CCCN(C(=O)c2cc(Cl)ccc2OC)C1.Cl. The number of ether oxygens (including phenoxy) is 1. The maximum absolute atomic E-state index is 12.6. The topological polar surface area (TPSA) is 41.6 Å². The van der Waals surface area contributed by atoms with Crippen LogP contribution in [0.2, 0.25) is 5.02 Å². The summed E-state index contributed by atoms with van der Waals surface area (Å²) in [6.45, 7) is 1.51. The standard InChI is InChI=1S/C14H19ClN2O2.ClH/c1-16-11-4-3-7-17(9-11)14(18)12-8-10(15)5-6-13(12)19-2;/h5-6,8,11,16H,3-4,7,9H2,1-2H3;1H. The van der Waals surface area contributed by atoms with Gasteiger partial charge >= 0.3 is 0 Å². The molecule has 0 aromatic heterocycles. The van der Waals surface area contributed by atoms with Crippen LogP contribution in [0.3, 0.4) is 0 Å². The van der Waals surface area contributed by atoms with Gasteiger partial charge in [-0.05, 0) is 38.1 Å². The molecular formula is C14H20Cl2N2O2. The molecule has 0 aliphatic carbocycles. The maximum atomic E-state index is 12.6. The van der Waals surface area contributed by atoms with Gasteiger partial charge in [0.2, 0.25) is 0 Å². The molecule has 20 heavy (non-hydrogen) atoms. The molecule has 1 atom stereocenters. The first-order valence-corrected chi connectivity index (χ1v) is 6.83. The van der Waals surface area contributed by atoms with Crippen molar-refractivity contribution in [3.8, 4) is 5.75 Å². The van der Waals surface area contributed by atoms with Crippen molar-refractivity contribution in [2.45, 2.75) is 18.9 Å². The summed E-state index contributed by atoms with van der Waals surface area (Å²) in [4.78, 5) is 14.4. The minimum atomic E-state index is -0.0145. The highest BCUT2D eigenvalue weighted by molar-refractivity contribution is 6.31. The Morgan fingerprint density at radius 1 is 1.50 bits per heavy atom. The van der Waals surface area contributed by atoms with Gasteiger partial charge in [0.25, 0.3) is 5.91 Å². The largest absolute Gasteiger partial charge is 0.496 e. The molecule has 1 aliphatic rings. The lowest BCUT2D eigenvalue weighted by Gasteiger charge is -2.32. The van der Waals surface area contributed by atoms with Gasteiger partial charge in [0.15, 0.2) is 0 Å². The fourth-order valence-corrected chi connectivity index (χ4v) is 2.59. The fraction of sp³-hybridized carbons (Fsp3) is 0.500. The summed E-state index contributed by atoms with van der Waals surface area (Å²) in [5.74, 6) is 0.556. The molecule has 6 heteroatoms. The molecule has 1 heterocycles. The van der Waals surface area contributed by atoms with Crippen LogP contribution in [0.15, 0.2) is 18.2 Å². The number of amides is 1. The predicted molar refractivity (Wildman–Crippen MR) is 83.2 cm³/mol. The quantitative estimate of drug-likeness (QED) is 0.931. The molecule has 0 radical (unpaired) electrons. The Kier molecular flexibility index (Phi) is 6.59. The van der Waals surface area contributed by atoms with Crippen molar-refractivity contribution in [2.24, 2.45) is 0 Å². The zero-order valence-electron chi connectivity index (χ0n) is 11.7. The number of hydrogen-bond donors (Lipinski definition) is 1. The lowest BCUT2D eigenvalue weighted by Crippen LogP contribution is -2.47. The molecule has 1 fully saturated rings. The van der Waals surface area contributed by atoms with E-state index < -0.39 is 0 Å². The van der Waals surface area contributed by atoms with Crippen molar-refractivity contribution in [3.05, 3.63) is 28.8 Å². The van der Waals surface area contributed by atoms with Crippen LogP contribution in [0.25, 0.3) is 0 Å². The molecule has 1 aromatic rings. The van der Waals surface area contributed by atoms with Crippen molar-refractivity contribution in [2.75, 3.05) is 27.2 Å². The summed E-state index contributed by atoms with van der Waals surface area (Å²) in [6, 6.07) is 5.49. The van der Waals surface area contributed by atoms with Crippen molar-refractivity contribution >= 4 is 29.9 Å². The number of carbonyl (C=O) groups excluding carboxylic acids is 1. The molecule has 112 valence electrons. The second-order valence-electron chi connectivity index (χ2n) is 4.72. The van der Waals surface area contributed by atoms with Crippen LogP contribution in [-0.4, -0.2) is 44.1 Å². The molecule has 0 bridgehead atoms. The number of rotatable bonds is 3. The average Bonchev–Trinajstić information content (AvgIpc) is 2.46. The van der Waals surface area contributed by atoms with Crippen molar-refractivity contribution in [1.82, 2.24) is 10.2 Å². The highest BCUT2D eigenvalue weighted by Crippen LogP contribution is 2.25. The fourth-order valence-electron chi connectivity index (χ4n) is 2.41. The first-order chi connectivity index (χ1) is 9.15. The number of carbonyl (C=O) groups is 1. The number of likely N-dealkylation sites (N-methyl/N-ethyl adjacent to an activating group) is 1. The smallest absolute Gasteiger partial charge is 0.257 e. The lowest BCUT2D eigenvalue weighted by molar-refractivity contribution is 0.0695. The van der Waals surface area contributed by atoms with Crippen molar-refractivity contribution in [3.63, 3.8) is 0 Å². The number of nitrogens with zero attached hydrogens (tertiary/aromatic N) is 1. The van der Waals surface area contributed by atoms with Gasteiger partial charge in [0.1, 0.15) is 5.75 Å². The number of piperidine rings is 1. The van der Waals surface area contributed by atoms with Gasteiger partial charge in [-0.1, -0.05) is 11.6 Å². The Hall–Kier alpha value is -0.970. The van der Waals surface area contributed by atoms with Gasteiger partial charge < -0.3 is 15.0 Å². The average molecular weight is 319 g/mol. The lowest BCUT2D eigenvalue weighted by atomic mass is 10.0. The van der Waals surface area contributed by atoms with E-state index in [0.717, 1.165) is 25.9 Å². The van der Waals surface area contributed by atoms with E-state index in [1.54, 1.807) is 25.3 Å². The highest BCUT2D eigenvalue weighted by atomic mass is 35.5. The van der Waals surface area contributed by atoms with Gasteiger partial charge in [-0.15, -0.1) is 12.4 Å². The Labute approximate surface area is 130 Å². The number of halogens is 2. The summed E-state index contributed by atoms with van der Waals surface area (Å²) >= 11 is 5.97. The Morgan fingerprint density at radius 2 is 2.25 bits per heavy atom. The van der Waals surface area contributed by atoms with Crippen LogP contribution in [-0.2, 0) is 0 Å². The molecule has 1 saturated heterocycles. The summed E-state index contributed by atoms with van der Waals surface area (Å²) < 4.78 is 5.24. The molecule has 1 aliphatic heterocycles. The van der Waals surface area contributed by atoms with Crippen LogP contribution in [0, 0.1) is 0 Å². The van der Waals surface area contributed by atoms with Crippen LogP contribution >= 0.6 is 24.0 Å². The van der Waals surface area contributed by atoms with Gasteiger partial charge in [0.05, 0.1) is 12.7 Å². The maximum Gasteiger partial charge on any atom is 0.257 e. The van der Waals surface area contributed by atoms with E-state index in [4.69, 9.17) is 16.3 Å². The zero-order valence-corrected chi connectivity index (χ0v) is 13.3. The normalized spacial score (nSPS) is 18.4. The first-order valence-electron chi connectivity index (χ1n) is 6.45. The molecule has 2 rings (SSSR count). The van der Waals surface area contributed by atoms with Gasteiger partial charge in [-0.2, -0.15) is 0 Å². The molecule has 1 unspecified atom stereocenters. The van der Waals surface area contributed by atoms with E-state index in [2.05, 4.69) is 5.32 Å². The van der Waals surface area contributed by atoms with E-state index in [1.807, 2.05) is 11.9 Å². The van der Waals surface area contributed by atoms with E-state index in [9.17, 15) is 4.79 Å². The highest BCUT2D eigenvalue weighted by Gasteiger charge is 2.25. The van der Waals surface area contributed by atoms with Crippen LogP contribution in [0.5, 0.6) is 5.75 Å². The van der Waals surface area contributed by atoms with E-state index >= 15 is 0 Å². The molecule has 1 aromatic carbocycles. The third-order valence-corrected chi connectivity index (χ3v) is 3.74. The minimum Gasteiger partial charge on any atom is -0.496 e. The number of methoxy groups -OCH3 is 1. The van der Waals surface area contributed by atoms with E-state index in [-0.39, 0.29) is 18.3 Å². The molecule has 1 amide bonds. The summed E-state index contributed by atoms with van der Waals surface area (Å²) in [5, 5.41) is 3.78. The molecule has 4 nitrogen and oxygen atoms in total. The predicted octanol–water partition coefficient (Wildman–Crippen LogP) is 2.59. The van der Waals surface area contributed by atoms with Crippen LogP contribution < -0.4 is 10.1 Å².